The molecule has 0 amide bonds. The van der Waals surface area contributed by atoms with Crippen molar-refractivity contribution in [3.8, 4) is 12.1 Å². The van der Waals surface area contributed by atoms with Crippen molar-refractivity contribution in [3.05, 3.63) is 183 Å². The minimum Gasteiger partial charge on any atom is -0.481 e. The molecule has 774 valence electrons. The topological polar surface area (TPSA) is 394 Å². The molecule has 146 heavy (non-hydrogen) atoms. The van der Waals surface area contributed by atoms with Gasteiger partial charge in [0.15, 0.2) is 34.0 Å². The first-order valence-electron chi connectivity index (χ1n) is 50.3. The number of aliphatic carboxylic acids is 3. The Balaban J connectivity index is 0.000000133. The molecule has 8 aromatic heterocycles. The predicted molar refractivity (Wildman–Crippen MR) is 571 cm³/mol. The zero-order valence-corrected chi connectivity index (χ0v) is 89.7. The second kappa shape index (κ2) is 47.3. The van der Waals surface area contributed by atoms with Gasteiger partial charge in [0.1, 0.15) is 44.6 Å². The number of likely N-dealkylation sites (tertiary alicyclic amines) is 4. The number of rotatable bonds is 31. The van der Waals surface area contributed by atoms with Crippen LogP contribution in [0.4, 0.5) is 23.5 Å². The molecule has 0 bridgehead atoms. The average Bonchev–Trinajstić information content (AvgIpc) is 1.61. The molecule has 3 N–H and O–H groups in total. The zero-order chi connectivity index (χ0) is 103. The molecule has 20 rings (SSSR count). The molecular formula is C103H122Cl8N26O8S. The van der Waals surface area contributed by atoms with Crippen LogP contribution in [0.2, 0.25) is 40.2 Å². The van der Waals surface area contributed by atoms with Gasteiger partial charge in [0, 0.05) is 163 Å². The molecule has 16 heterocycles. The van der Waals surface area contributed by atoms with Crippen molar-refractivity contribution >= 4 is 188 Å². The van der Waals surface area contributed by atoms with E-state index in [0.29, 0.717) is 123 Å². The summed E-state index contributed by atoms with van der Waals surface area (Å²) in [4.78, 5) is 89.1. The Kier molecular flexibility index (Phi) is 34.7. The predicted octanol–water partition coefficient (Wildman–Crippen LogP) is 18.6. The maximum atomic E-state index is 11.6. The highest BCUT2D eigenvalue weighted by atomic mass is 35.5. The van der Waals surface area contributed by atoms with Crippen molar-refractivity contribution in [1.29, 1.82) is 10.5 Å². The van der Waals surface area contributed by atoms with E-state index in [9.17, 15) is 33.3 Å². The molecule has 0 saturated carbocycles. The Morgan fingerprint density at radius 1 is 0.384 bits per heavy atom. The van der Waals surface area contributed by atoms with Gasteiger partial charge >= 0.3 is 17.9 Å². The molecule has 8 atom stereocenters. The van der Waals surface area contributed by atoms with Gasteiger partial charge in [-0.15, -0.1) is 0 Å². The Morgan fingerprint density at radius 2 is 0.671 bits per heavy atom. The van der Waals surface area contributed by atoms with Crippen molar-refractivity contribution < 1.29 is 38.1 Å². The van der Waals surface area contributed by atoms with E-state index >= 15 is 0 Å². The van der Waals surface area contributed by atoms with E-state index in [-0.39, 0.29) is 60.6 Å². The molecule has 0 radical (unpaired) electrons. The number of carboxylic acid groups (broad SMARTS) is 3. The highest BCUT2D eigenvalue weighted by Crippen LogP contribution is 2.43. The maximum absolute atomic E-state index is 11.6. The van der Waals surface area contributed by atoms with E-state index < -0.39 is 27.7 Å². The summed E-state index contributed by atoms with van der Waals surface area (Å²) in [5.74, 6) is 5.85. The van der Waals surface area contributed by atoms with Crippen LogP contribution in [-0.2, 0) is 24.2 Å². The van der Waals surface area contributed by atoms with Gasteiger partial charge in [-0.3, -0.25) is 14.4 Å². The highest BCUT2D eigenvalue weighted by molar-refractivity contribution is 7.90. The van der Waals surface area contributed by atoms with E-state index in [2.05, 4.69) is 95.3 Å². The minimum absolute atomic E-state index is 0.104. The van der Waals surface area contributed by atoms with Gasteiger partial charge in [-0.05, 0) is 276 Å². The molecule has 0 aliphatic carbocycles. The Morgan fingerprint density at radius 3 is 0.952 bits per heavy atom. The average molecular weight is 2170 g/mol. The molecule has 4 aromatic carbocycles. The number of piperidine rings is 4. The van der Waals surface area contributed by atoms with Crippen LogP contribution in [0, 0.1) is 83.9 Å². The normalized spacial score (nSPS) is 19.9. The van der Waals surface area contributed by atoms with Gasteiger partial charge in [0.05, 0.1) is 64.5 Å². The number of carboxylic acids is 3. The van der Waals surface area contributed by atoms with Gasteiger partial charge in [0.25, 0.3) is 0 Å². The van der Waals surface area contributed by atoms with Crippen LogP contribution in [0.1, 0.15) is 187 Å². The molecule has 0 spiro atoms. The summed E-state index contributed by atoms with van der Waals surface area (Å²) in [6.07, 6.45) is 20.8. The van der Waals surface area contributed by atoms with Gasteiger partial charge in [-0.1, -0.05) is 117 Å². The van der Waals surface area contributed by atoms with E-state index in [1.165, 1.54) is 38.4 Å². The zero-order valence-electron chi connectivity index (χ0n) is 82.9. The van der Waals surface area contributed by atoms with Crippen molar-refractivity contribution in [2.45, 2.75) is 156 Å². The van der Waals surface area contributed by atoms with Crippen LogP contribution in [-0.4, -0.2) is 283 Å². The fourth-order valence-electron chi connectivity index (χ4n) is 22.0. The van der Waals surface area contributed by atoms with E-state index in [0.717, 1.165) is 236 Å². The van der Waals surface area contributed by atoms with Crippen molar-refractivity contribution in [2.75, 3.05) is 163 Å². The SMILES string of the molecule is C[C@H](c1ccc(Cl)cc1Cl)n1nc(C#N)c2ncc(N3CC([C@@H]4CCCN(CCS(C)(=O)=O)C4)C3)nc21.C[C@H](c1ccc(Cl)cc1Cl)n1nc(C#N)c2ncc(N3CC([C@H]4CCCN(CCCC(=O)O)C4)C3)nc21.Cc1nn([C@H](C)c2ccc(Cl)cc2Cl)c2nc(N3CC([C@@H]4CCCN(CCCC(=O)O)C4)C3)ncc12.Cc1nn([C@H](C)c2ccc(Cl)cc2Cl)c2nc(N3CC([C@H]4CCCN(CCCC(=O)O)C4)C3)ncc12. The van der Waals surface area contributed by atoms with Gasteiger partial charge in [0.2, 0.25) is 11.9 Å². The lowest BCUT2D eigenvalue weighted by molar-refractivity contribution is -0.138. The lowest BCUT2D eigenvalue weighted by Crippen LogP contribution is -2.54. The smallest absolute Gasteiger partial charge is 0.303 e. The van der Waals surface area contributed by atoms with Crippen LogP contribution < -0.4 is 19.6 Å². The van der Waals surface area contributed by atoms with E-state index in [1.807, 2.05) is 85.9 Å². The van der Waals surface area contributed by atoms with Crippen molar-refractivity contribution in [2.24, 2.45) is 47.3 Å². The monoisotopic (exact) mass is 2160 g/mol. The fourth-order valence-corrected chi connectivity index (χ4v) is 24.8. The third kappa shape index (κ3) is 25.2. The first kappa shape index (κ1) is 107. The van der Waals surface area contributed by atoms with Crippen molar-refractivity contribution in [3.63, 3.8) is 0 Å². The number of fused-ring (bicyclic) bond motifs is 4. The van der Waals surface area contributed by atoms with Crippen LogP contribution >= 0.6 is 92.8 Å². The van der Waals surface area contributed by atoms with Crippen LogP contribution in [0.3, 0.4) is 0 Å². The molecular weight excluding hydrogens is 2040 g/mol. The summed E-state index contributed by atoms with van der Waals surface area (Å²) < 4.78 is 30.4. The summed E-state index contributed by atoms with van der Waals surface area (Å²) in [5, 5.41) is 71.0. The highest BCUT2D eigenvalue weighted by Gasteiger charge is 2.43. The summed E-state index contributed by atoms with van der Waals surface area (Å²) in [7, 11) is -2.95. The fraction of sp³-hybridized carbons (Fsp3) is 0.524. The quantitative estimate of drug-likeness (QED) is 0.0363. The second-order valence-electron chi connectivity index (χ2n) is 40.4. The number of benzene rings is 4. The minimum atomic E-state index is -2.95. The van der Waals surface area contributed by atoms with Crippen LogP contribution in [0.15, 0.2) is 97.6 Å². The molecule has 0 unspecified atom stereocenters. The summed E-state index contributed by atoms with van der Waals surface area (Å²) in [6, 6.07) is 25.3. The number of aromatic nitrogens is 16. The maximum Gasteiger partial charge on any atom is 0.303 e. The standard InChI is InChI=1S/C26H29Cl2N7O2.2C26H32Cl2N6O2.C25H29Cl2N7O2S/c1-16(20-7-6-19(27)10-21(20)28)35-26-25(22(11-29)32-35)30-12-23(31-26)34-14-18(15-34)17-4-2-8-33(13-17)9-3-5-24(36)37;2*1-16-22-12-29-26(30-25(22)34(31-16)17(2)21-8-7-20(27)11-23(21)28)33-14-19(15-33)18-5-3-9-32(13-18)10-4-6-24(35)36;1-16(20-6-5-19(26)10-21(20)27)34-25-24(22(11-28)31-34)29-12-23(30-25)33-14-18(15-33)17-4-3-7-32(13-17)8-9-37(2,35)36/h6-7,10,12,16-18H,2-5,8-9,13-15H2,1H3,(H,36,37);2*7-8,11-12,17-19H,3-6,9-10,13-15H2,1-2H3,(H,35,36);5-6,10,12,16-18H,3-4,7-9,13-15H2,1-2H3/t16-,17+;17-,18+;17-,18-;16-,17-/m1111/s1. The van der Waals surface area contributed by atoms with E-state index in [4.69, 9.17) is 138 Å². The Bertz CT molecular complexity index is 6760. The number of nitrogens with zero attached hydrogens (tertiary/aromatic N) is 26. The number of sulfone groups is 1. The number of anilines is 4. The number of aryl methyl sites for hydroxylation is 2. The lowest BCUT2D eigenvalue weighted by atomic mass is 9.80. The first-order valence-corrected chi connectivity index (χ1v) is 55.4. The Labute approximate surface area is 889 Å². The molecule has 8 fully saturated rings. The molecule has 12 aromatic rings. The number of hydrogen-bond donors (Lipinski definition) is 3. The largest absolute Gasteiger partial charge is 0.481 e. The van der Waals surface area contributed by atoms with Gasteiger partial charge in [-0.25, -0.2) is 57.0 Å². The molecule has 8 saturated heterocycles. The number of hydrogen-bond acceptors (Lipinski definition) is 27. The van der Waals surface area contributed by atoms with Gasteiger partial charge in [-0.2, -0.15) is 40.9 Å². The van der Waals surface area contributed by atoms with Crippen LogP contribution in [0.25, 0.3) is 44.4 Å². The number of carbonyl (C=O) groups is 3. The summed E-state index contributed by atoms with van der Waals surface area (Å²) in [5.41, 5.74) is 9.44. The number of nitriles is 2. The summed E-state index contributed by atoms with van der Waals surface area (Å²) >= 11 is 50.2. The molecule has 8 aliphatic rings. The van der Waals surface area contributed by atoms with Gasteiger partial charge < -0.3 is 54.5 Å². The lowest BCUT2D eigenvalue weighted by Gasteiger charge is -2.47. The second-order valence-corrected chi connectivity index (χ2v) is 46.1. The third-order valence-electron chi connectivity index (χ3n) is 30.4. The first-order chi connectivity index (χ1) is 70.0. The van der Waals surface area contributed by atoms with Crippen molar-refractivity contribution in [1.82, 2.24) is 98.6 Å². The van der Waals surface area contributed by atoms with E-state index in [1.54, 1.807) is 58.2 Å². The molecule has 8 aliphatic heterocycles. The summed E-state index contributed by atoms with van der Waals surface area (Å²) in [6.45, 7) is 30.8. The molecule has 43 heteroatoms. The third-order valence-corrected chi connectivity index (χ3v) is 33.6. The molecule has 34 nitrogen and oxygen atoms in total. The number of halogens is 8. The Hall–Kier alpha value is -10.2. The van der Waals surface area contributed by atoms with Crippen LogP contribution in [0.5, 0.6) is 0 Å².